The van der Waals surface area contributed by atoms with Crippen LogP contribution >= 0.6 is 0 Å². The van der Waals surface area contributed by atoms with Crippen molar-refractivity contribution in [3.05, 3.63) is 48.2 Å². The van der Waals surface area contributed by atoms with Gasteiger partial charge in [-0.2, -0.15) is 15.5 Å². The van der Waals surface area contributed by atoms with Gasteiger partial charge in [-0.15, -0.1) is 0 Å². The van der Waals surface area contributed by atoms with E-state index in [1.807, 2.05) is 32.1 Å². The first kappa shape index (κ1) is 21.8. The molecule has 1 aromatic rings. The second-order valence-electron chi connectivity index (χ2n) is 6.71. The smallest absolute Gasteiger partial charge is 0.154 e. The van der Waals surface area contributed by atoms with Crippen molar-refractivity contribution in [2.75, 3.05) is 31.2 Å². The SMILES string of the molecule is CCN(CCOC(C)OCC(C)C#N)c1ccc(N=NC2=CCCC=C2)cc1. The van der Waals surface area contributed by atoms with Gasteiger partial charge in [-0.1, -0.05) is 12.2 Å². The lowest BCUT2D eigenvalue weighted by Gasteiger charge is -2.24. The molecule has 0 heterocycles. The number of benzene rings is 1. The van der Waals surface area contributed by atoms with Crippen molar-refractivity contribution in [1.29, 1.82) is 5.26 Å². The second kappa shape index (κ2) is 12.1. The van der Waals surface area contributed by atoms with E-state index in [9.17, 15) is 0 Å². The first-order valence-electron chi connectivity index (χ1n) is 9.88. The van der Waals surface area contributed by atoms with E-state index in [-0.39, 0.29) is 12.2 Å². The molecule has 1 aliphatic rings. The van der Waals surface area contributed by atoms with E-state index in [1.54, 1.807) is 0 Å². The number of ether oxygens (including phenoxy) is 2. The lowest BCUT2D eigenvalue weighted by Crippen LogP contribution is -2.29. The number of allylic oxidation sites excluding steroid dienone is 3. The van der Waals surface area contributed by atoms with Crippen LogP contribution in [-0.4, -0.2) is 32.6 Å². The molecular weight excluding hydrogens is 352 g/mol. The van der Waals surface area contributed by atoms with Gasteiger partial charge in [0.2, 0.25) is 0 Å². The zero-order valence-corrected chi connectivity index (χ0v) is 17.0. The molecule has 28 heavy (non-hydrogen) atoms. The predicted molar refractivity (Wildman–Crippen MR) is 111 cm³/mol. The largest absolute Gasteiger partial charge is 0.369 e. The molecule has 2 atom stereocenters. The minimum absolute atomic E-state index is 0.126. The summed E-state index contributed by atoms with van der Waals surface area (Å²) in [5.41, 5.74) is 2.88. The normalized spacial score (nSPS) is 15.9. The van der Waals surface area contributed by atoms with Gasteiger partial charge < -0.3 is 14.4 Å². The van der Waals surface area contributed by atoms with Gasteiger partial charge in [-0.25, -0.2) is 0 Å². The van der Waals surface area contributed by atoms with Gasteiger partial charge in [0.25, 0.3) is 0 Å². The molecule has 0 saturated heterocycles. The van der Waals surface area contributed by atoms with Crippen LogP contribution in [-0.2, 0) is 9.47 Å². The van der Waals surface area contributed by atoms with Gasteiger partial charge in [0.05, 0.1) is 36.6 Å². The van der Waals surface area contributed by atoms with Crippen LogP contribution < -0.4 is 4.90 Å². The summed E-state index contributed by atoms with van der Waals surface area (Å²) >= 11 is 0. The topological polar surface area (TPSA) is 70.2 Å². The summed E-state index contributed by atoms with van der Waals surface area (Å²) in [5, 5.41) is 17.4. The lowest BCUT2D eigenvalue weighted by molar-refractivity contribution is -0.132. The minimum atomic E-state index is -0.319. The molecule has 2 rings (SSSR count). The van der Waals surface area contributed by atoms with Crippen molar-refractivity contribution in [3.63, 3.8) is 0 Å². The van der Waals surface area contributed by atoms with Crippen molar-refractivity contribution in [3.8, 4) is 6.07 Å². The standard InChI is InChI=1S/C22H30N4O2/c1-4-26(14-15-27-19(3)28-17-18(2)16-23)22-12-10-21(11-13-22)25-24-20-8-6-5-7-9-20/h6,8-13,18-19H,4-5,7,14-15,17H2,1-3H3. The molecule has 0 radical (unpaired) electrons. The van der Waals surface area contributed by atoms with Gasteiger partial charge in [-0.05, 0) is 64.0 Å². The highest BCUT2D eigenvalue weighted by molar-refractivity contribution is 5.52. The Morgan fingerprint density at radius 2 is 1.93 bits per heavy atom. The highest BCUT2D eigenvalue weighted by Gasteiger charge is 2.08. The maximum absolute atomic E-state index is 8.78. The van der Waals surface area contributed by atoms with Gasteiger partial charge in [0.1, 0.15) is 0 Å². The minimum Gasteiger partial charge on any atom is -0.369 e. The third-order valence-electron chi connectivity index (χ3n) is 4.37. The Kier molecular flexibility index (Phi) is 9.40. The molecule has 0 amide bonds. The molecule has 0 aliphatic heterocycles. The Morgan fingerprint density at radius 3 is 2.57 bits per heavy atom. The van der Waals surface area contributed by atoms with Crippen LogP contribution in [0.15, 0.2) is 58.4 Å². The van der Waals surface area contributed by atoms with Crippen LogP contribution in [0.5, 0.6) is 0 Å². The summed E-state index contributed by atoms with van der Waals surface area (Å²) in [6.07, 6.45) is 8.01. The van der Waals surface area contributed by atoms with Crippen LogP contribution in [0.1, 0.15) is 33.6 Å². The number of likely N-dealkylation sites (N-methyl/N-ethyl adjacent to an activating group) is 1. The fourth-order valence-corrected chi connectivity index (χ4v) is 2.68. The summed E-state index contributed by atoms with van der Waals surface area (Å²) < 4.78 is 11.2. The molecule has 0 fully saturated rings. The van der Waals surface area contributed by atoms with Crippen molar-refractivity contribution in [1.82, 2.24) is 0 Å². The first-order valence-corrected chi connectivity index (χ1v) is 9.88. The highest BCUT2D eigenvalue weighted by atomic mass is 16.7. The summed E-state index contributed by atoms with van der Waals surface area (Å²) in [4.78, 5) is 2.23. The summed E-state index contributed by atoms with van der Waals surface area (Å²) in [7, 11) is 0. The van der Waals surface area contributed by atoms with Gasteiger partial charge in [0, 0.05) is 18.8 Å². The molecule has 0 spiro atoms. The van der Waals surface area contributed by atoms with Crippen molar-refractivity contribution in [2.45, 2.75) is 39.9 Å². The van der Waals surface area contributed by atoms with E-state index < -0.39 is 0 Å². The number of rotatable bonds is 11. The second-order valence-corrected chi connectivity index (χ2v) is 6.71. The predicted octanol–water partition coefficient (Wildman–Crippen LogP) is 5.37. The van der Waals surface area contributed by atoms with Crippen LogP contribution in [0.2, 0.25) is 0 Å². The Morgan fingerprint density at radius 1 is 1.14 bits per heavy atom. The zero-order chi connectivity index (χ0) is 20.2. The third-order valence-corrected chi connectivity index (χ3v) is 4.37. The highest BCUT2D eigenvalue weighted by Crippen LogP contribution is 2.21. The third kappa shape index (κ3) is 7.63. The monoisotopic (exact) mass is 382 g/mol. The van der Waals surface area contributed by atoms with Gasteiger partial charge in [-0.3, -0.25) is 0 Å². The van der Waals surface area contributed by atoms with E-state index in [0.717, 1.165) is 43.0 Å². The van der Waals surface area contributed by atoms with Crippen molar-refractivity contribution < 1.29 is 9.47 Å². The molecular formula is C22H30N4O2. The van der Waals surface area contributed by atoms with E-state index in [1.165, 1.54) is 0 Å². The number of hydrogen-bond acceptors (Lipinski definition) is 6. The zero-order valence-electron chi connectivity index (χ0n) is 17.0. The van der Waals surface area contributed by atoms with E-state index in [0.29, 0.717) is 13.2 Å². The number of nitriles is 1. The molecule has 6 heteroatoms. The van der Waals surface area contributed by atoms with Crippen LogP contribution in [0.4, 0.5) is 11.4 Å². The molecule has 150 valence electrons. The molecule has 0 N–H and O–H groups in total. The molecule has 0 saturated carbocycles. The molecule has 1 aliphatic carbocycles. The Balaban J connectivity index is 1.80. The average Bonchev–Trinajstić information content (AvgIpc) is 2.74. The summed E-state index contributed by atoms with van der Waals surface area (Å²) in [6, 6.07) is 10.2. The van der Waals surface area contributed by atoms with Crippen molar-refractivity contribution in [2.24, 2.45) is 16.1 Å². The molecule has 1 aromatic carbocycles. The first-order chi connectivity index (χ1) is 13.6. The van der Waals surface area contributed by atoms with Crippen molar-refractivity contribution >= 4 is 11.4 Å². The van der Waals surface area contributed by atoms with Gasteiger partial charge in [0.15, 0.2) is 6.29 Å². The van der Waals surface area contributed by atoms with E-state index in [2.05, 4.69) is 52.4 Å². The summed E-state index contributed by atoms with van der Waals surface area (Å²) in [5.74, 6) is -0.126. The molecule has 0 aromatic heterocycles. The number of hydrogen-bond donors (Lipinski definition) is 0. The Bertz CT molecular complexity index is 719. The van der Waals surface area contributed by atoms with E-state index in [4.69, 9.17) is 14.7 Å². The molecule has 6 nitrogen and oxygen atoms in total. The van der Waals surface area contributed by atoms with Gasteiger partial charge >= 0.3 is 0 Å². The van der Waals surface area contributed by atoms with Crippen LogP contribution in [0, 0.1) is 17.2 Å². The lowest BCUT2D eigenvalue weighted by atomic mass is 10.2. The number of azo groups is 1. The summed E-state index contributed by atoms with van der Waals surface area (Å²) in [6.45, 7) is 8.38. The number of anilines is 1. The Labute approximate surface area is 168 Å². The van der Waals surface area contributed by atoms with Crippen LogP contribution in [0.3, 0.4) is 0 Å². The molecule has 2 unspecified atom stereocenters. The maximum Gasteiger partial charge on any atom is 0.154 e. The maximum atomic E-state index is 8.78. The van der Waals surface area contributed by atoms with Crippen LogP contribution in [0.25, 0.3) is 0 Å². The fourth-order valence-electron chi connectivity index (χ4n) is 2.68. The quantitative estimate of drug-likeness (QED) is 0.381. The van der Waals surface area contributed by atoms with E-state index >= 15 is 0 Å². The molecule has 0 bridgehead atoms. The Hall–Kier alpha value is -2.49. The number of nitrogens with zero attached hydrogens (tertiary/aromatic N) is 4. The average molecular weight is 383 g/mol. The fraction of sp³-hybridized carbons (Fsp3) is 0.500.